The molecule has 1 aliphatic heterocycles. The molecule has 140 valence electrons. The Morgan fingerprint density at radius 2 is 1.77 bits per heavy atom. The monoisotopic (exact) mass is 376 g/mol. The van der Waals surface area contributed by atoms with Gasteiger partial charge >= 0.3 is 0 Å². The highest BCUT2D eigenvalue weighted by atomic mass is 32.2. The van der Waals surface area contributed by atoms with Crippen LogP contribution in [0.1, 0.15) is 6.92 Å². The van der Waals surface area contributed by atoms with Crippen LogP contribution in [-0.2, 0) is 10.0 Å². The predicted molar refractivity (Wildman–Crippen MR) is 105 cm³/mol. The maximum absolute atomic E-state index is 11.6. The van der Waals surface area contributed by atoms with Crippen LogP contribution in [0.3, 0.4) is 0 Å². The van der Waals surface area contributed by atoms with E-state index in [1.165, 1.54) is 0 Å². The number of methoxy groups -OCH3 is 1. The number of sulfonamides is 1. The Hall–Kier alpha value is -2.48. The molecular weight excluding hydrogens is 352 g/mol. The number of piperazine rings is 1. The van der Waals surface area contributed by atoms with Crippen LogP contribution in [0.2, 0.25) is 0 Å². The quantitative estimate of drug-likeness (QED) is 0.833. The van der Waals surface area contributed by atoms with Gasteiger partial charge in [-0.05, 0) is 31.2 Å². The van der Waals surface area contributed by atoms with Gasteiger partial charge in [-0.15, -0.1) is 0 Å². The first-order chi connectivity index (χ1) is 12.5. The molecule has 2 aromatic rings. The number of aromatic nitrogens is 1. The van der Waals surface area contributed by atoms with Crippen molar-refractivity contribution < 1.29 is 13.2 Å². The Bertz CT molecular complexity index is 832. The van der Waals surface area contributed by atoms with E-state index in [9.17, 15) is 8.42 Å². The SMILES string of the molecule is CCS(=O)(=O)Nc1ccc(N2CCN(c3ccccc3OC)CC2)cn1. The summed E-state index contributed by atoms with van der Waals surface area (Å²) in [6, 6.07) is 11.6. The number of hydrogen-bond donors (Lipinski definition) is 1. The van der Waals surface area contributed by atoms with Crippen LogP contribution >= 0.6 is 0 Å². The molecule has 2 heterocycles. The predicted octanol–water partition coefficient (Wildman–Crippen LogP) is 2.18. The fourth-order valence-corrected chi connectivity index (χ4v) is 3.55. The number of anilines is 3. The van der Waals surface area contributed by atoms with Crippen LogP contribution in [-0.4, -0.2) is 52.4 Å². The molecule has 0 spiro atoms. The zero-order valence-corrected chi connectivity index (χ0v) is 15.9. The molecule has 0 aliphatic carbocycles. The lowest BCUT2D eigenvalue weighted by Gasteiger charge is -2.37. The van der Waals surface area contributed by atoms with Gasteiger partial charge in [0.25, 0.3) is 0 Å². The molecule has 7 nitrogen and oxygen atoms in total. The number of ether oxygens (including phenoxy) is 1. The maximum Gasteiger partial charge on any atom is 0.233 e. The minimum Gasteiger partial charge on any atom is -0.495 e. The van der Waals surface area contributed by atoms with Crippen LogP contribution in [0.5, 0.6) is 5.75 Å². The Balaban J connectivity index is 1.63. The van der Waals surface area contributed by atoms with E-state index < -0.39 is 10.0 Å². The molecule has 1 N–H and O–H groups in total. The van der Waals surface area contributed by atoms with Gasteiger partial charge in [0.15, 0.2) is 0 Å². The summed E-state index contributed by atoms with van der Waals surface area (Å²) < 4.78 is 31.1. The molecule has 3 rings (SSSR count). The van der Waals surface area contributed by atoms with Crippen molar-refractivity contribution in [1.29, 1.82) is 0 Å². The third-order valence-electron chi connectivity index (χ3n) is 4.46. The van der Waals surface area contributed by atoms with Crippen molar-refractivity contribution in [2.24, 2.45) is 0 Å². The second-order valence-electron chi connectivity index (χ2n) is 6.05. The number of nitrogens with one attached hydrogen (secondary N) is 1. The molecule has 0 unspecified atom stereocenters. The van der Waals surface area contributed by atoms with Crippen molar-refractivity contribution in [3.8, 4) is 5.75 Å². The second-order valence-corrected chi connectivity index (χ2v) is 8.06. The lowest BCUT2D eigenvalue weighted by molar-refractivity contribution is 0.413. The highest BCUT2D eigenvalue weighted by molar-refractivity contribution is 7.92. The molecule has 1 aromatic carbocycles. The lowest BCUT2D eigenvalue weighted by atomic mass is 10.2. The summed E-state index contributed by atoms with van der Waals surface area (Å²) in [5, 5.41) is 0. The molecule has 1 saturated heterocycles. The van der Waals surface area contributed by atoms with Gasteiger partial charge in [0.05, 0.1) is 30.4 Å². The van der Waals surface area contributed by atoms with E-state index in [0.29, 0.717) is 5.82 Å². The number of pyridine rings is 1. The third kappa shape index (κ3) is 4.19. The number of nitrogens with zero attached hydrogens (tertiary/aromatic N) is 3. The topological polar surface area (TPSA) is 74.8 Å². The van der Waals surface area contributed by atoms with Gasteiger partial charge in [-0.1, -0.05) is 12.1 Å². The maximum atomic E-state index is 11.6. The first-order valence-corrected chi connectivity index (χ1v) is 10.3. The van der Waals surface area contributed by atoms with E-state index in [4.69, 9.17) is 4.74 Å². The molecule has 1 aromatic heterocycles. The molecule has 8 heteroatoms. The van der Waals surface area contributed by atoms with Gasteiger partial charge < -0.3 is 14.5 Å². The summed E-state index contributed by atoms with van der Waals surface area (Å²) in [5.41, 5.74) is 2.10. The molecule has 0 bridgehead atoms. The van der Waals surface area contributed by atoms with Crippen LogP contribution in [0.15, 0.2) is 42.6 Å². The number of para-hydroxylation sites is 2. The normalized spacial score (nSPS) is 15.0. The molecule has 0 atom stereocenters. The van der Waals surface area contributed by atoms with Crippen LogP contribution < -0.4 is 19.3 Å². The summed E-state index contributed by atoms with van der Waals surface area (Å²) in [6.07, 6.45) is 1.71. The van der Waals surface area contributed by atoms with Crippen LogP contribution in [0, 0.1) is 0 Å². The Morgan fingerprint density at radius 3 is 2.38 bits per heavy atom. The molecule has 26 heavy (non-hydrogen) atoms. The number of benzene rings is 1. The molecule has 0 radical (unpaired) electrons. The average molecular weight is 376 g/mol. The molecule has 1 aliphatic rings. The van der Waals surface area contributed by atoms with E-state index in [-0.39, 0.29) is 5.75 Å². The van der Waals surface area contributed by atoms with E-state index in [1.54, 1.807) is 26.3 Å². The Kier molecular flexibility index (Phi) is 5.51. The molecule has 0 amide bonds. The number of hydrogen-bond acceptors (Lipinski definition) is 6. The number of rotatable bonds is 6. The lowest BCUT2D eigenvalue weighted by Crippen LogP contribution is -2.46. The van der Waals surface area contributed by atoms with Gasteiger partial charge in [0.1, 0.15) is 11.6 Å². The van der Waals surface area contributed by atoms with Gasteiger partial charge in [0, 0.05) is 26.2 Å². The van der Waals surface area contributed by atoms with Gasteiger partial charge in [-0.2, -0.15) is 0 Å². The summed E-state index contributed by atoms with van der Waals surface area (Å²) in [5.74, 6) is 1.26. The van der Waals surface area contributed by atoms with Crippen molar-refractivity contribution >= 4 is 27.2 Å². The highest BCUT2D eigenvalue weighted by Crippen LogP contribution is 2.29. The van der Waals surface area contributed by atoms with Gasteiger partial charge in [-0.25, -0.2) is 13.4 Å². The standard InChI is InChI=1S/C18H24N4O3S/c1-3-26(23,24)20-18-9-8-15(14-19-18)21-10-12-22(13-11-21)16-6-4-5-7-17(16)25-2/h4-9,14H,3,10-13H2,1-2H3,(H,19,20). The second kappa shape index (κ2) is 7.82. The fraction of sp³-hybridized carbons (Fsp3) is 0.389. The van der Waals surface area contributed by atoms with Crippen molar-refractivity contribution in [3.05, 3.63) is 42.6 Å². The fourth-order valence-electron chi connectivity index (χ4n) is 2.96. The van der Waals surface area contributed by atoms with E-state index in [1.807, 2.05) is 24.3 Å². The highest BCUT2D eigenvalue weighted by Gasteiger charge is 2.20. The summed E-state index contributed by atoms with van der Waals surface area (Å²) in [4.78, 5) is 8.79. The van der Waals surface area contributed by atoms with Crippen LogP contribution in [0.4, 0.5) is 17.2 Å². The average Bonchev–Trinajstić information content (AvgIpc) is 2.68. The van der Waals surface area contributed by atoms with Crippen LogP contribution in [0.25, 0.3) is 0 Å². The van der Waals surface area contributed by atoms with Gasteiger partial charge in [-0.3, -0.25) is 4.72 Å². The third-order valence-corrected chi connectivity index (χ3v) is 5.74. The summed E-state index contributed by atoms with van der Waals surface area (Å²) >= 11 is 0. The molecular formula is C18H24N4O3S. The van der Waals surface area contributed by atoms with Crippen molar-refractivity contribution in [2.75, 3.05) is 53.6 Å². The zero-order valence-electron chi connectivity index (χ0n) is 15.1. The largest absolute Gasteiger partial charge is 0.495 e. The smallest absolute Gasteiger partial charge is 0.233 e. The zero-order chi connectivity index (χ0) is 18.6. The van der Waals surface area contributed by atoms with E-state index in [0.717, 1.165) is 43.3 Å². The van der Waals surface area contributed by atoms with Crippen molar-refractivity contribution in [3.63, 3.8) is 0 Å². The van der Waals surface area contributed by atoms with Crippen molar-refractivity contribution in [2.45, 2.75) is 6.92 Å². The van der Waals surface area contributed by atoms with Crippen molar-refractivity contribution in [1.82, 2.24) is 4.98 Å². The molecule has 1 fully saturated rings. The minimum atomic E-state index is -3.30. The molecule has 0 saturated carbocycles. The Labute approximate surface area is 154 Å². The van der Waals surface area contributed by atoms with E-state index in [2.05, 4.69) is 25.6 Å². The first-order valence-electron chi connectivity index (χ1n) is 8.62. The minimum absolute atomic E-state index is 0.0291. The first kappa shape index (κ1) is 18.3. The Morgan fingerprint density at radius 1 is 1.08 bits per heavy atom. The summed E-state index contributed by atoms with van der Waals surface area (Å²) in [7, 11) is -1.61. The van der Waals surface area contributed by atoms with E-state index >= 15 is 0 Å². The van der Waals surface area contributed by atoms with Gasteiger partial charge in [0.2, 0.25) is 10.0 Å². The summed E-state index contributed by atoms with van der Waals surface area (Å²) in [6.45, 7) is 5.08.